The van der Waals surface area contributed by atoms with Crippen LogP contribution in [0, 0.1) is 6.92 Å². The van der Waals surface area contributed by atoms with E-state index in [2.05, 4.69) is 12.2 Å². The summed E-state index contributed by atoms with van der Waals surface area (Å²) in [7, 11) is 0. The molecule has 3 aromatic rings. The minimum atomic E-state index is -1.12. The number of carboxylic acids is 1. The second kappa shape index (κ2) is 12.2. The molecule has 1 aromatic heterocycles. The molecule has 35 heavy (non-hydrogen) atoms. The number of benzene rings is 2. The quantitative estimate of drug-likeness (QED) is 0.285. The Balaban J connectivity index is 1.69. The molecule has 1 heterocycles. The Morgan fingerprint density at radius 2 is 1.83 bits per heavy atom. The van der Waals surface area contributed by atoms with Crippen LogP contribution in [-0.4, -0.2) is 29.1 Å². The van der Waals surface area contributed by atoms with Gasteiger partial charge >= 0.3 is 11.6 Å². The molecule has 186 valence electrons. The maximum absolute atomic E-state index is 12.6. The first-order valence-corrected chi connectivity index (χ1v) is 12.1. The summed E-state index contributed by atoms with van der Waals surface area (Å²) in [5.41, 5.74) is 2.45. The molecule has 3 rings (SSSR count). The summed E-state index contributed by atoms with van der Waals surface area (Å²) in [5, 5.41) is 12.9. The average Bonchev–Trinajstić information content (AvgIpc) is 2.83. The van der Waals surface area contributed by atoms with Gasteiger partial charge in [0.05, 0.1) is 0 Å². The molecule has 0 radical (unpaired) electrons. The predicted molar refractivity (Wildman–Crippen MR) is 135 cm³/mol. The number of aliphatic carboxylic acids is 1. The van der Waals surface area contributed by atoms with Crippen LogP contribution in [0.4, 0.5) is 0 Å². The van der Waals surface area contributed by atoms with E-state index in [9.17, 15) is 19.5 Å². The lowest BCUT2D eigenvalue weighted by atomic mass is 10.0. The van der Waals surface area contributed by atoms with Gasteiger partial charge in [-0.2, -0.15) is 0 Å². The van der Waals surface area contributed by atoms with Crippen LogP contribution in [-0.2, 0) is 22.4 Å². The first-order valence-electron chi connectivity index (χ1n) is 12.1. The molecule has 0 aliphatic carbocycles. The molecule has 0 fully saturated rings. The van der Waals surface area contributed by atoms with E-state index in [1.54, 1.807) is 19.1 Å². The molecule has 0 spiro atoms. The Kier molecular flexibility index (Phi) is 9.06. The molecule has 0 saturated carbocycles. The van der Waals surface area contributed by atoms with Gasteiger partial charge in [0.15, 0.2) is 6.10 Å². The van der Waals surface area contributed by atoms with Gasteiger partial charge in [0.1, 0.15) is 17.4 Å². The molecule has 0 aliphatic rings. The molecular weight excluding hydrogens is 446 g/mol. The second-order valence-electron chi connectivity index (χ2n) is 8.81. The zero-order valence-electron chi connectivity index (χ0n) is 20.5. The third kappa shape index (κ3) is 6.94. The van der Waals surface area contributed by atoms with E-state index in [1.165, 1.54) is 0 Å². The first kappa shape index (κ1) is 26.0. The van der Waals surface area contributed by atoms with Crippen molar-refractivity contribution in [3.8, 4) is 5.75 Å². The van der Waals surface area contributed by atoms with Crippen molar-refractivity contribution < 1.29 is 23.8 Å². The van der Waals surface area contributed by atoms with Crippen LogP contribution >= 0.6 is 0 Å². The van der Waals surface area contributed by atoms with Crippen molar-refractivity contribution >= 4 is 22.8 Å². The summed E-state index contributed by atoms with van der Waals surface area (Å²) in [6.45, 7) is 5.61. The second-order valence-corrected chi connectivity index (χ2v) is 8.81. The fraction of sp³-hybridized carbons (Fsp3) is 0.393. The number of hydrogen-bond donors (Lipinski definition) is 2. The highest BCUT2D eigenvalue weighted by molar-refractivity contribution is 5.87. The van der Waals surface area contributed by atoms with Crippen molar-refractivity contribution in [3.63, 3.8) is 0 Å². The number of hydrogen-bond acceptors (Lipinski definition) is 5. The lowest BCUT2D eigenvalue weighted by molar-refractivity contribution is -0.142. The van der Waals surface area contributed by atoms with E-state index in [-0.39, 0.29) is 12.0 Å². The highest BCUT2D eigenvalue weighted by Gasteiger charge is 2.24. The van der Waals surface area contributed by atoms with E-state index in [0.717, 1.165) is 42.2 Å². The van der Waals surface area contributed by atoms with Gasteiger partial charge in [-0.25, -0.2) is 9.59 Å². The van der Waals surface area contributed by atoms with E-state index in [0.29, 0.717) is 23.3 Å². The van der Waals surface area contributed by atoms with E-state index < -0.39 is 24.0 Å². The van der Waals surface area contributed by atoms with Crippen LogP contribution in [0.25, 0.3) is 11.0 Å². The Morgan fingerprint density at radius 1 is 1.09 bits per heavy atom. The normalized spacial score (nSPS) is 12.8. The van der Waals surface area contributed by atoms with Gasteiger partial charge in [-0.3, -0.25) is 4.79 Å². The zero-order valence-corrected chi connectivity index (χ0v) is 20.5. The maximum Gasteiger partial charge on any atom is 0.339 e. The van der Waals surface area contributed by atoms with Gasteiger partial charge in [-0.05, 0) is 49.9 Å². The van der Waals surface area contributed by atoms with Gasteiger partial charge in [0.25, 0.3) is 5.91 Å². The molecule has 2 atom stereocenters. The van der Waals surface area contributed by atoms with Gasteiger partial charge in [0.2, 0.25) is 0 Å². The van der Waals surface area contributed by atoms with Crippen molar-refractivity contribution in [1.29, 1.82) is 0 Å². The first-order chi connectivity index (χ1) is 16.8. The molecule has 2 unspecified atom stereocenters. The van der Waals surface area contributed by atoms with Gasteiger partial charge < -0.3 is 19.6 Å². The Hall–Kier alpha value is -3.61. The third-order valence-electron chi connectivity index (χ3n) is 6.12. The van der Waals surface area contributed by atoms with Crippen molar-refractivity contribution in [2.24, 2.45) is 0 Å². The number of carbonyl (C=O) groups is 2. The topological polar surface area (TPSA) is 106 Å². The average molecular weight is 480 g/mol. The monoisotopic (exact) mass is 479 g/mol. The summed E-state index contributed by atoms with van der Waals surface area (Å²) in [5.74, 6) is -1.32. The highest BCUT2D eigenvalue weighted by atomic mass is 16.5. The maximum atomic E-state index is 12.6. The smallest absolute Gasteiger partial charge is 0.339 e. The van der Waals surface area contributed by atoms with Gasteiger partial charge in [-0.15, -0.1) is 0 Å². The van der Waals surface area contributed by atoms with Crippen LogP contribution in [0.1, 0.15) is 56.2 Å². The summed E-state index contributed by atoms with van der Waals surface area (Å²) in [6.07, 6.45) is 4.20. The molecular formula is C28H33NO6. The third-order valence-corrected chi connectivity index (χ3v) is 6.12. The van der Waals surface area contributed by atoms with Crippen LogP contribution in [0.15, 0.2) is 57.7 Å². The highest BCUT2D eigenvalue weighted by Crippen LogP contribution is 2.25. The molecule has 0 bridgehead atoms. The summed E-state index contributed by atoms with van der Waals surface area (Å²) in [4.78, 5) is 36.9. The van der Waals surface area contributed by atoms with E-state index in [4.69, 9.17) is 9.15 Å². The number of carboxylic acid groups (broad SMARTS) is 1. The SMILES string of the molecule is CCCCCCc1c(C)c2ccc(OC(C)C(=O)NC(Cc3ccccc3)C(=O)O)cc2oc1=O. The van der Waals surface area contributed by atoms with Crippen LogP contribution in [0.5, 0.6) is 5.75 Å². The lowest BCUT2D eigenvalue weighted by Crippen LogP contribution is -2.47. The van der Waals surface area contributed by atoms with Crippen molar-refractivity contribution in [2.45, 2.75) is 71.4 Å². The van der Waals surface area contributed by atoms with Crippen LogP contribution in [0.3, 0.4) is 0 Å². The summed E-state index contributed by atoms with van der Waals surface area (Å²) in [6, 6.07) is 13.1. The Bertz CT molecular complexity index is 1220. The number of aryl methyl sites for hydroxylation is 1. The summed E-state index contributed by atoms with van der Waals surface area (Å²) >= 11 is 0. The van der Waals surface area contributed by atoms with Crippen molar-refractivity contribution in [3.05, 3.63) is 75.6 Å². The fourth-order valence-electron chi connectivity index (χ4n) is 4.06. The standard InChI is InChI=1S/C28H33NO6/c1-4-5-6-10-13-23-18(2)22-15-14-21(17-25(22)35-28(23)33)34-19(3)26(30)29-24(27(31)32)16-20-11-8-7-9-12-20/h7-9,11-12,14-15,17,19,24H,4-6,10,13,16H2,1-3H3,(H,29,30)(H,31,32). The Morgan fingerprint density at radius 3 is 2.51 bits per heavy atom. The van der Waals surface area contributed by atoms with E-state index >= 15 is 0 Å². The van der Waals surface area contributed by atoms with Crippen LogP contribution in [0.2, 0.25) is 0 Å². The number of carbonyl (C=O) groups excluding carboxylic acids is 1. The van der Waals surface area contributed by atoms with Crippen molar-refractivity contribution in [2.75, 3.05) is 0 Å². The largest absolute Gasteiger partial charge is 0.481 e. The number of ether oxygens (including phenoxy) is 1. The van der Waals surface area contributed by atoms with Crippen molar-refractivity contribution in [1.82, 2.24) is 5.32 Å². The molecule has 7 heteroatoms. The fourth-order valence-corrected chi connectivity index (χ4v) is 4.06. The van der Waals surface area contributed by atoms with Crippen LogP contribution < -0.4 is 15.7 Å². The Labute approximate surface area is 205 Å². The number of fused-ring (bicyclic) bond motifs is 1. The molecule has 7 nitrogen and oxygen atoms in total. The lowest BCUT2D eigenvalue weighted by Gasteiger charge is -2.19. The number of rotatable bonds is 12. The number of amides is 1. The van der Waals surface area contributed by atoms with E-state index in [1.807, 2.05) is 43.3 Å². The molecule has 2 N–H and O–H groups in total. The molecule has 2 aromatic carbocycles. The predicted octanol–water partition coefficient (Wildman–Crippen LogP) is 4.80. The van der Waals surface area contributed by atoms with Gasteiger partial charge in [-0.1, -0.05) is 56.5 Å². The minimum absolute atomic E-state index is 0.163. The van der Waals surface area contributed by atoms with Gasteiger partial charge in [0, 0.05) is 23.4 Å². The molecule has 0 saturated heterocycles. The minimum Gasteiger partial charge on any atom is -0.481 e. The number of unbranched alkanes of at least 4 members (excludes halogenated alkanes) is 3. The molecule has 1 amide bonds. The number of nitrogens with one attached hydrogen (secondary N) is 1. The zero-order chi connectivity index (χ0) is 25.4. The molecule has 0 aliphatic heterocycles. The summed E-state index contributed by atoms with van der Waals surface area (Å²) < 4.78 is 11.3.